The summed E-state index contributed by atoms with van der Waals surface area (Å²) in [7, 11) is 2.20. The zero-order chi connectivity index (χ0) is 24.4. The maximum absolute atomic E-state index is 4.15. The second kappa shape index (κ2) is 13.7. The van der Waals surface area contributed by atoms with Crippen LogP contribution in [0.25, 0.3) is 0 Å². The van der Waals surface area contributed by atoms with Gasteiger partial charge in [0.15, 0.2) is 0 Å². The zero-order valence-corrected chi connectivity index (χ0v) is 23.2. The molecule has 5 heteroatoms. The fourth-order valence-corrected chi connectivity index (χ4v) is 4.12. The number of imidazole rings is 1. The van der Waals surface area contributed by atoms with Crippen LogP contribution < -0.4 is 0 Å². The van der Waals surface area contributed by atoms with Crippen LogP contribution in [0.1, 0.15) is 80.3 Å². The van der Waals surface area contributed by atoms with Crippen molar-refractivity contribution < 1.29 is 0 Å². The number of aromatic nitrogens is 2. The molecule has 2 aliphatic rings. The van der Waals surface area contributed by atoms with Gasteiger partial charge in [0.05, 0.1) is 12.0 Å². The molecule has 3 rings (SSSR count). The van der Waals surface area contributed by atoms with Crippen molar-refractivity contribution in [1.82, 2.24) is 24.3 Å². The van der Waals surface area contributed by atoms with E-state index in [-0.39, 0.29) is 5.54 Å². The average molecular weight is 450 g/mol. The number of piperazine rings is 1. The van der Waals surface area contributed by atoms with Gasteiger partial charge in [-0.05, 0) is 72.0 Å². The molecular formula is C27H55N5. The van der Waals surface area contributed by atoms with Gasteiger partial charge in [-0.3, -0.25) is 0 Å². The Morgan fingerprint density at radius 1 is 0.844 bits per heavy atom. The summed E-state index contributed by atoms with van der Waals surface area (Å²) >= 11 is 0. The van der Waals surface area contributed by atoms with Crippen molar-refractivity contribution >= 4 is 0 Å². The first-order valence-corrected chi connectivity index (χ1v) is 12.9. The van der Waals surface area contributed by atoms with E-state index in [1.165, 1.54) is 71.6 Å². The Labute approximate surface area is 200 Å². The van der Waals surface area contributed by atoms with Crippen LogP contribution in [0.2, 0.25) is 0 Å². The second-order valence-electron chi connectivity index (χ2n) is 12.5. The fourth-order valence-electron chi connectivity index (χ4n) is 4.12. The molecule has 0 unspecified atom stereocenters. The van der Waals surface area contributed by atoms with E-state index in [1.807, 2.05) is 13.3 Å². The molecule has 0 aromatic carbocycles. The molecule has 2 fully saturated rings. The molecule has 0 N–H and O–H groups in total. The Hall–Kier alpha value is -0.910. The second-order valence-corrected chi connectivity index (χ2v) is 12.5. The van der Waals surface area contributed by atoms with E-state index in [0.717, 1.165) is 11.6 Å². The highest BCUT2D eigenvalue weighted by Gasteiger charge is 2.19. The van der Waals surface area contributed by atoms with Crippen molar-refractivity contribution in [3.05, 3.63) is 18.2 Å². The van der Waals surface area contributed by atoms with Crippen LogP contribution in [0.4, 0.5) is 0 Å². The predicted octanol–water partition coefficient (Wildman–Crippen LogP) is 5.35. The summed E-state index contributed by atoms with van der Waals surface area (Å²) in [6.07, 6.45) is 8.23. The zero-order valence-electron chi connectivity index (χ0n) is 23.2. The number of likely N-dealkylation sites (N-methyl/N-ethyl adjacent to an activating group) is 1. The lowest BCUT2D eigenvalue weighted by Gasteiger charge is -2.36. The van der Waals surface area contributed by atoms with Crippen molar-refractivity contribution in [2.75, 3.05) is 59.4 Å². The molecule has 2 aliphatic heterocycles. The van der Waals surface area contributed by atoms with Gasteiger partial charge in [-0.1, -0.05) is 41.0 Å². The van der Waals surface area contributed by atoms with Crippen LogP contribution in [0.5, 0.6) is 0 Å². The molecule has 0 aliphatic carbocycles. The molecule has 2 saturated heterocycles. The van der Waals surface area contributed by atoms with Crippen molar-refractivity contribution in [2.45, 2.75) is 87.1 Å². The minimum absolute atomic E-state index is 0.168. The third kappa shape index (κ3) is 13.6. The minimum Gasteiger partial charge on any atom is -0.332 e. The predicted molar refractivity (Wildman–Crippen MR) is 140 cm³/mol. The van der Waals surface area contributed by atoms with Crippen LogP contribution in [0.15, 0.2) is 12.5 Å². The largest absolute Gasteiger partial charge is 0.332 e. The average Bonchev–Trinajstić information content (AvgIpc) is 3.11. The summed E-state index contributed by atoms with van der Waals surface area (Å²) in [4.78, 5) is 11.7. The Morgan fingerprint density at radius 2 is 1.41 bits per heavy atom. The van der Waals surface area contributed by atoms with E-state index in [2.05, 4.69) is 92.9 Å². The summed E-state index contributed by atoms with van der Waals surface area (Å²) in [5, 5.41) is 0. The Bertz CT molecular complexity index is 594. The molecule has 188 valence electrons. The molecule has 0 saturated carbocycles. The van der Waals surface area contributed by atoms with Crippen LogP contribution in [-0.2, 0) is 5.54 Å². The molecule has 0 radical (unpaired) electrons. The molecule has 3 heterocycles. The molecule has 0 amide bonds. The van der Waals surface area contributed by atoms with Gasteiger partial charge in [-0.15, -0.1) is 0 Å². The maximum Gasteiger partial charge on any atom is 0.0954 e. The first kappa shape index (κ1) is 29.1. The first-order chi connectivity index (χ1) is 14.8. The number of rotatable bonds is 3. The van der Waals surface area contributed by atoms with E-state index in [4.69, 9.17) is 0 Å². The van der Waals surface area contributed by atoms with Gasteiger partial charge in [-0.25, -0.2) is 4.98 Å². The molecule has 1 aromatic heterocycles. The third-order valence-corrected chi connectivity index (χ3v) is 5.85. The molecule has 0 bridgehead atoms. The third-order valence-electron chi connectivity index (χ3n) is 5.85. The van der Waals surface area contributed by atoms with E-state index < -0.39 is 0 Å². The summed E-state index contributed by atoms with van der Waals surface area (Å²) in [5.41, 5.74) is 1.70. The van der Waals surface area contributed by atoms with Crippen LogP contribution in [0.3, 0.4) is 0 Å². The van der Waals surface area contributed by atoms with Crippen molar-refractivity contribution in [3.63, 3.8) is 0 Å². The SMILES string of the molecule is CC(C)CN1CCCCC1.CN1CCN(CC(C)(C)C)CC1.Cc1cn(C(C)(C)C)cn1. The van der Waals surface area contributed by atoms with E-state index in [1.54, 1.807) is 0 Å². The van der Waals surface area contributed by atoms with Crippen molar-refractivity contribution in [2.24, 2.45) is 11.3 Å². The fraction of sp³-hybridized carbons (Fsp3) is 0.889. The quantitative estimate of drug-likeness (QED) is 0.621. The number of aryl methyl sites for hydroxylation is 1. The van der Waals surface area contributed by atoms with Gasteiger partial charge in [-0.2, -0.15) is 0 Å². The highest BCUT2D eigenvalue weighted by atomic mass is 15.2. The van der Waals surface area contributed by atoms with Crippen LogP contribution in [0, 0.1) is 18.3 Å². The highest BCUT2D eigenvalue weighted by Crippen LogP contribution is 2.16. The number of nitrogens with zero attached hydrogens (tertiary/aromatic N) is 5. The molecular weight excluding hydrogens is 394 g/mol. The smallest absolute Gasteiger partial charge is 0.0954 e. The summed E-state index contributed by atoms with van der Waals surface area (Å²) < 4.78 is 2.11. The van der Waals surface area contributed by atoms with Gasteiger partial charge in [0, 0.05) is 51.0 Å². The van der Waals surface area contributed by atoms with Gasteiger partial charge in [0.1, 0.15) is 0 Å². The first-order valence-electron chi connectivity index (χ1n) is 12.9. The lowest BCUT2D eigenvalue weighted by Crippen LogP contribution is -2.47. The van der Waals surface area contributed by atoms with Gasteiger partial charge in [0.2, 0.25) is 0 Å². The lowest BCUT2D eigenvalue weighted by molar-refractivity contribution is 0.117. The Morgan fingerprint density at radius 3 is 1.78 bits per heavy atom. The molecule has 0 spiro atoms. The topological polar surface area (TPSA) is 27.5 Å². The van der Waals surface area contributed by atoms with Crippen LogP contribution >= 0.6 is 0 Å². The van der Waals surface area contributed by atoms with Gasteiger partial charge < -0.3 is 19.3 Å². The molecule has 0 atom stereocenters. The Balaban J connectivity index is 0.000000241. The highest BCUT2D eigenvalue weighted by molar-refractivity contribution is 4.95. The summed E-state index contributed by atoms with van der Waals surface area (Å²) in [6, 6.07) is 0. The standard InChI is InChI=1S/C10H22N2.C9H19N.C8H14N2/c1-10(2,3)9-12-7-5-11(4)6-8-12;1-9(2)8-10-6-4-3-5-7-10;1-7-5-10(6-9-7)8(2,3)4/h5-9H2,1-4H3;9H,3-8H2,1-2H3;5-6H,1-4H3. The van der Waals surface area contributed by atoms with Crippen molar-refractivity contribution in [3.8, 4) is 0 Å². The van der Waals surface area contributed by atoms with Gasteiger partial charge in [0.25, 0.3) is 0 Å². The monoisotopic (exact) mass is 449 g/mol. The van der Waals surface area contributed by atoms with E-state index in [0.29, 0.717) is 5.41 Å². The van der Waals surface area contributed by atoms with Gasteiger partial charge >= 0.3 is 0 Å². The van der Waals surface area contributed by atoms with Crippen LogP contribution in [-0.4, -0.2) is 83.7 Å². The Kier molecular flexibility index (Phi) is 12.5. The summed E-state index contributed by atoms with van der Waals surface area (Å²) in [6.45, 7) is 30.2. The number of likely N-dealkylation sites (tertiary alicyclic amines) is 1. The molecule has 5 nitrogen and oxygen atoms in total. The van der Waals surface area contributed by atoms with E-state index >= 15 is 0 Å². The summed E-state index contributed by atoms with van der Waals surface area (Å²) in [5.74, 6) is 0.845. The lowest BCUT2D eigenvalue weighted by atomic mass is 9.96. The molecule has 1 aromatic rings. The maximum atomic E-state index is 4.15. The normalized spacial score (nSPS) is 19.2. The van der Waals surface area contributed by atoms with Crippen molar-refractivity contribution in [1.29, 1.82) is 0 Å². The number of hydrogen-bond acceptors (Lipinski definition) is 4. The minimum atomic E-state index is 0.168. The number of piperidine rings is 1. The van der Waals surface area contributed by atoms with E-state index in [9.17, 15) is 0 Å². The number of hydrogen-bond donors (Lipinski definition) is 0. The molecule has 32 heavy (non-hydrogen) atoms.